The minimum atomic E-state index is -5.42. The van der Waals surface area contributed by atoms with E-state index in [4.69, 9.17) is 4.74 Å². The van der Waals surface area contributed by atoms with Crippen LogP contribution in [-0.2, 0) is 14.8 Å². The van der Waals surface area contributed by atoms with E-state index in [9.17, 15) is 26.4 Å². The summed E-state index contributed by atoms with van der Waals surface area (Å²) in [6.07, 6.45) is 0.960. The molecule has 0 spiro atoms. The Morgan fingerprint density at radius 2 is 1.76 bits per heavy atom. The number of unbranched alkanes of at least 4 members (excludes halogenated alkanes) is 2. The van der Waals surface area contributed by atoms with Crippen LogP contribution in [0.5, 0.6) is 0 Å². The van der Waals surface area contributed by atoms with Crippen molar-refractivity contribution < 1.29 is 31.1 Å². The summed E-state index contributed by atoms with van der Waals surface area (Å²) in [5, 5.41) is 0. The van der Waals surface area contributed by atoms with E-state index in [1.807, 2.05) is 6.07 Å². The molecule has 0 bridgehead atoms. The second kappa shape index (κ2) is 10.2. The van der Waals surface area contributed by atoms with Gasteiger partial charge in [-0.2, -0.15) is 13.2 Å². The highest BCUT2D eigenvalue weighted by atomic mass is 127. The summed E-state index contributed by atoms with van der Waals surface area (Å²) >= 11 is 6.28. The average Bonchev–Trinajstić information content (AvgIpc) is 2.48. The average molecular weight is 716 g/mol. The van der Waals surface area contributed by atoms with Gasteiger partial charge in [-0.1, -0.05) is 12.8 Å². The molecule has 0 atom stereocenters. The fraction of sp³-hybridized carbons (Fsp3) is 0.462. The van der Waals surface area contributed by atoms with Gasteiger partial charge in [0.05, 0.1) is 12.2 Å². The summed E-state index contributed by atoms with van der Waals surface area (Å²) < 4.78 is 68.1. The Kier molecular flexibility index (Phi) is 9.65. The van der Waals surface area contributed by atoms with Gasteiger partial charge in [0.25, 0.3) is 0 Å². The molecule has 25 heavy (non-hydrogen) atoms. The van der Waals surface area contributed by atoms with Crippen molar-refractivity contribution in [2.45, 2.75) is 24.8 Å². The number of sulfonamides is 1. The van der Waals surface area contributed by atoms with Gasteiger partial charge in [0.2, 0.25) is 0 Å². The molecule has 0 heterocycles. The van der Waals surface area contributed by atoms with Gasteiger partial charge in [0.15, 0.2) is 10.0 Å². The minimum absolute atomic E-state index is 0.100. The van der Waals surface area contributed by atoms with Gasteiger partial charge in [0, 0.05) is 10.7 Å². The second-order valence-electron chi connectivity index (χ2n) is 4.72. The molecule has 0 aliphatic rings. The number of carbonyl (C=O) groups is 1. The topological polar surface area (TPSA) is 74.5 Å². The number of rotatable bonds is 8. The van der Waals surface area contributed by atoms with E-state index < -0.39 is 28.0 Å². The lowest BCUT2D eigenvalue weighted by Crippen LogP contribution is -2.22. The van der Waals surface area contributed by atoms with Crippen LogP contribution < -0.4 is 0 Å². The first-order valence-electron chi connectivity index (χ1n) is 6.77. The molecule has 0 aliphatic heterocycles. The number of nitrogens with zero attached hydrogens (tertiary/aromatic N) is 1. The molecule has 0 radical (unpaired) electrons. The first-order valence-corrected chi connectivity index (χ1v) is 11.4. The van der Waals surface area contributed by atoms with Gasteiger partial charge in [-0.3, -0.25) is 0 Å². The molecule has 0 saturated carbocycles. The molecule has 0 aliphatic carbocycles. The van der Waals surface area contributed by atoms with Crippen LogP contribution >= 0.6 is 67.8 Å². The number of halogens is 6. The minimum Gasteiger partial charge on any atom is -0.541 e. The smallest absolute Gasteiger partial charge is 0.480 e. The summed E-state index contributed by atoms with van der Waals surface area (Å²) in [4.78, 5) is 12.0. The van der Waals surface area contributed by atoms with Crippen LogP contribution in [0.2, 0.25) is 0 Å². The molecule has 0 amide bonds. The molecular formula is C13H12F3I3NO4S-. The van der Waals surface area contributed by atoms with Gasteiger partial charge in [-0.05, 0) is 86.3 Å². The second-order valence-corrected chi connectivity index (χ2v) is 9.88. The van der Waals surface area contributed by atoms with Crippen LogP contribution in [0.4, 0.5) is 13.2 Å². The number of hydrogen-bond donors (Lipinski definition) is 0. The Morgan fingerprint density at radius 1 is 1.12 bits per heavy atom. The molecule has 1 aromatic carbocycles. The van der Waals surface area contributed by atoms with Crippen LogP contribution in [0.25, 0.3) is 4.72 Å². The van der Waals surface area contributed by atoms with E-state index in [0.29, 0.717) is 18.4 Å². The quantitative estimate of drug-likeness (QED) is 0.164. The molecule has 0 fully saturated rings. The summed E-state index contributed by atoms with van der Waals surface area (Å²) in [5.74, 6) is -0.467. The largest absolute Gasteiger partial charge is 0.541 e. The SMILES string of the molecule is O=C(OCCCCC[N-]S(=O)(=O)C(F)(F)F)c1cc(I)cc(I)c1I. The molecule has 1 rings (SSSR count). The number of alkyl halides is 3. The predicted octanol–water partition coefficient (Wildman–Crippen LogP) is 5.05. The van der Waals surface area contributed by atoms with E-state index >= 15 is 0 Å². The maximum Gasteiger partial charge on any atom is 0.480 e. The van der Waals surface area contributed by atoms with Gasteiger partial charge in [0.1, 0.15) is 0 Å². The van der Waals surface area contributed by atoms with E-state index in [-0.39, 0.29) is 13.0 Å². The number of hydrogen-bond acceptors (Lipinski definition) is 4. The van der Waals surface area contributed by atoms with Crippen molar-refractivity contribution in [1.82, 2.24) is 0 Å². The first kappa shape index (κ1) is 23.6. The predicted molar refractivity (Wildman–Crippen MR) is 112 cm³/mol. The lowest BCUT2D eigenvalue weighted by atomic mass is 10.2. The van der Waals surface area contributed by atoms with Crippen molar-refractivity contribution in [1.29, 1.82) is 0 Å². The molecule has 0 N–H and O–H groups in total. The van der Waals surface area contributed by atoms with Crippen molar-refractivity contribution in [2.75, 3.05) is 13.2 Å². The lowest BCUT2D eigenvalue weighted by molar-refractivity contribution is -0.0427. The highest BCUT2D eigenvalue weighted by molar-refractivity contribution is 14.1. The number of carbonyl (C=O) groups excluding carboxylic acids is 1. The van der Waals surface area contributed by atoms with Crippen LogP contribution in [-0.4, -0.2) is 33.0 Å². The summed E-state index contributed by atoms with van der Waals surface area (Å²) in [6, 6.07) is 3.64. The maximum atomic E-state index is 12.1. The molecule has 0 aromatic heterocycles. The van der Waals surface area contributed by atoms with Crippen LogP contribution in [0.1, 0.15) is 29.6 Å². The van der Waals surface area contributed by atoms with E-state index in [1.165, 1.54) is 0 Å². The monoisotopic (exact) mass is 716 g/mol. The van der Waals surface area contributed by atoms with Crippen molar-refractivity contribution in [3.8, 4) is 0 Å². The highest BCUT2D eigenvalue weighted by Gasteiger charge is 2.38. The van der Waals surface area contributed by atoms with E-state index in [0.717, 1.165) is 10.7 Å². The Hall–Kier alpha value is 0.580. The fourth-order valence-corrected chi connectivity index (χ4v) is 4.49. The molecule has 0 unspecified atom stereocenters. The van der Waals surface area contributed by atoms with Gasteiger partial charge in [-0.25, -0.2) is 13.2 Å². The summed E-state index contributed by atoms with van der Waals surface area (Å²) in [7, 11) is -5.42. The Balaban J connectivity index is 2.32. The fourth-order valence-electron chi connectivity index (χ4n) is 1.60. The Bertz CT molecular complexity index is 726. The number of ether oxygens (including phenoxy) is 1. The van der Waals surface area contributed by atoms with Crippen molar-refractivity contribution in [3.05, 3.63) is 33.1 Å². The Morgan fingerprint density at radius 3 is 2.36 bits per heavy atom. The molecule has 1 aromatic rings. The number of benzene rings is 1. The Labute approximate surface area is 184 Å². The zero-order chi connectivity index (χ0) is 19.3. The molecule has 5 nitrogen and oxygen atoms in total. The standard InChI is InChI=1S/C13H12F3I3NO4S/c14-13(15,16)25(22,23)20-4-2-1-3-5-24-12(21)9-6-8(17)7-10(18)11(9)19/h6-7H,1-5H2/q-1. The third-order valence-corrected chi connectivity index (χ3v) is 7.58. The highest BCUT2D eigenvalue weighted by Crippen LogP contribution is 2.28. The molecular weight excluding hydrogens is 704 g/mol. The third kappa shape index (κ3) is 7.61. The van der Waals surface area contributed by atoms with Crippen molar-refractivity contribution in [2.24, 2.45) is 0 Å². The van der Waals surface area contributed by atoms with E-state index in [1.54, 1.807) is 6.07 Å². The van der Waals surface area contributed by atoms with Gasteiger partial charge in [-0.15, -0.1) is 6.54 Å². The van der Waals surface area contributed by atoms with Crippen molar-refractivity contribution in [3.63, 3.8) is 0 Å². The van der Waals surface area contributed by atoms with Crippen LogP contribution in [0.3, 0.4) is 0 Å². The van der Waals surface area contributed by atoms with Crippen LogP contribution in [0, 0.1) is 10.7 Å². The van der Waals surface area contributed by atoms with Gasteiger partial charge < -0.3 is 9.46 Å². The zero-order valence-electron chi connectivity index (χ0n) is 12.4. The van der Waals surface area contributed by atoms with Crippen LogP contribution in [0.15, 0.2) is 12.1 Å². The normalized spacial score (nSPS) is 12.2. The van der Waals surface area contributed by atoms with Gasteiger partial charge >= 0.3 is 11.5 Å². The lowest BCUT2D eigenvalue weighted by Gasteiger charge is -2.21. The van der Waals surface area contributed by atoms with E-state index in [2.05, 4.69) is 72.5 Å². The maximum absolute atomic E-state index is 12.1. The summed E-state index contributed by atoms with van der Waals surface area (Å²) in [5.41, 5.74) is -4.90. The number of esters is 1. The van der Waals surface area contributed by atoms with Crippen molar-refractivity contribution >= 4 is 83.8 Å². The molecule has 142 valence electrons. The summed E-state index contributed by atoms with van der Waals surface area (Å²) in [6.45, 7) is -0.342. The molecule has 0 saturated heterocycles. The molecule has 12 heteroatoms. The third-order valence-electron chi connectivity index (χ3n) is 2.80. The zero-order valence-corrected chi connectivity index (χ0v) is 19.7. The first-order chi connectivity index (χ1) is 11.5.